The first-order valence-corrected chi connectivity index (χ1v) is 7.16. The molecule has 3 nitrogen and oxygen atoms in total. The monoisotopic (exact) mass is 285 g/mol. The predicted octanol–water partition coefficient (Wildman–Crippen LogP) is 2.79. The smallest absolute Gasteiger partial charge is 0.122 e. The Morgan fingerprint density at radius 3 is 2.38 bits per heavy atom. The Labute approximate surface area is 126 Å². The lowest BCUT2D eigenvalue weighted by molar-refractivity contribution is 0.107. The molecule has 0 aliphatic carbocycles. The summed E-state index contributed by atoms with van der Waals surface area (Å²) in [5, 5.41) is 13.1. The zero-order chi connectivity index (χ0) is 15.3. The standard InChI is InChI=1S/C18H23NO2/c1-14-9-10-17(15(2)11-14)21-13-18(12-20,19-3)16-7-5-4-6-8-16/h4-11,19-20H,12-13H2,1-3H3. The topological polar surface area (TPSA) is 41.5 Å². The van der Waals surface area contributed by atoms with Crippen molar-refractivity contribution in [2.75, 3.05) is 20.3 Å². The van der Waals surface area contributed by atoms with Crippen molar-refractivity contribution < 1.29 is 9.84 Å². The van der Waals surface area contributed by atoms with Crippen LogP contribution in [0, 0.1) is 13.8 Å². The molecule has 1 unspecified atom stereocenters. The molecule has 0 fully saturated rings. The summed E-state index contributed by atoms with van der Waals surface area (Å²) in [6.45, 7) is 4.43. The predicted molar refractivity (Wildman–Crippen MR) is 85.7 cm³/mol. The first-order chi connectivity index (χ1) is 10.1. The van der Waals surface area contributed by atoms with Crippen LogP contribution in [-0.2, 0) is 5.54 Å². The quantitative estimate of drug-likeness (QED) is 0.857. The van der Waals surface area contributed by atoms with Gasteiger partial charge in [-0.3, -0.25) is 0 Å². The highest BCUT2D eigenvalue weighted by Gasteiger charge is 2.30. The molecule has 0 radical (unpaired) electrons. The normalized spacial score (nSPS) is 13.7. The van der Waals surface area contributed by atoms with Gasteiger partial charge in [0, 0.05) is 0 Å². The van der Waals surface area contributed by atoms with Gasteiger partial charge in [-0.25, -0.2) is 0 Å². The van der Waals surface area contributed by atoms with Gasteiger partial charge in [0.05, 0.1) is 6.61 Å². The fourth-order valence-electron chi connectivity index (χ4n) is 2.44. The summed E-state index contributed by atoms with van der Waals surface area (Å²) in [5.74, 6) is 0.851. The van der Waals surface area contributed by atoms with Crippen LogP contribution < -0.4 is 10.1 Å². The molecule has 1 atom stereocenters. The second-order valence-corrected chi connectivity index (χ2v) is 5.41. The van der Waals surface area contributed by atoms with Crippen molar-refractivity contribution in [3.63, 3.8) is 0 Å². The number of hydrogen-bond donors (Lipinski definition) is 2. The molecule has 0 aliphatic rings. The van der Waals surface area contributed by atoms with Crippen LogP contribution in [0.3, 0.4) is 0 Å². The van der Waals surface area contributed by atoms with Crippen LogP contribution in [0.4, 0.5) is 0 Å². The SMILES string of the molecule is CNC(CO)(COc1ccc(C)cc1C)c1ccccc1. The van der Waals surface area contributed by atoms with Gasteiger partial charge >= 0.3 is 0 Å². The summed E-state index contributed by atoms with van der Waals surface area (Å²) < 4.78 is 5.97. The summed E-state index contributed by atoms with van der Waals surface area (Å²) in [6.07, 6.45) is 0. The number of aliphatic hydroxyl groups excluding tert-OH is 1. The van der Waals surface area contributed by atoms with Crippen LogP contribution >= 0.6 is 0 Å². The fraction of sp³-hybridized carbons (Fsp3) is 0.333. The zero-order valence-electron chi connectivity index (χ0n) is 12.9. The van der Waals surface area contributed by atoms with E-state index >= 15 is 0 Å². The molecule has 2 N–H and O–H groups in total. The number of rotatable bonds is 6. The van der Waals surface area contributed by atoms with Crippen molar-refractivity contribution in [1.82, 2.24) is 5.32 Å². The molecule has 0 bridgehead atoms. The molecule has 0 saturated carbocycles. The largest absolute Gasteiger partial charge is 0.491 e. The number of likely N-dealkylation sites (N-methyl/N-ethyl adjacent to an activating group) is 1. The fourth-order valence-corrected chi connectivity index (χ4v) is 2.44. The highest BCUT2D eigenvalue weighted by atomic mass is 16.5. The molecule has 2 rings (SSSR count). The van der Waals surface area contributed by atoms with Gasteiger partial charge in [0.25, 0.3) is 0 Å². The van der Waals surface area contributed by atoms with Crippen LogP contribution in [0.15, 0.2) is 48.5 Å². The minimum absolute atomic E-state index is 0.0293. The molecule has 0 saturated heterocycles. The molecule has 21 heavy (non-hydrogen) atoms. The Bertz CT molecular complexity index is 577. The van der Waals surface area contributed by atoms with Crippen LogP contribution in [-0.4, -0.2) is 25.4 Å². The summed E-state index contributed by atoms with van der Waals surface area (Å²) in [4.78, 5) is 0. The van der Waals surface area contributed by atoms with Crippen molar-refractivity contribution in [1.29, 1.82) is 0 Å². The number of aliphatic hydroxyl groups is 1. The molecule has 2 aromatic carbocycles. The average Bonchev–Trinajstić information content (AvgIpc) is 2.51. The summed E-state index contributed by atoms with van der Waals surface area (Å²) in [7, 11) is 1.84. The van der Waals surface area contributed by atoms with Gasteiger partial charge in [0.15, 0.2) is 0 Å². The molecule has 112 valence electrons. The van der Waals surface area contributed by atoms with Crippen LogP contribution in [0.1, 0.15) is 16.7 Å². The lowest BCUT2D eigenvalue weighted by atomic mass is 9.91. The second kappa shape index (κ2) is 6.74. The Balaban J connectivity index is 2.21. The second-order valence-electron chi connectivity index (χ2n) is 5.41. The third-order valence-electron chi connectivity index (χ3n) is 3.88. The maximum absolute atomic E-state index is 9.88. The highest BCUT2D eigenvalue weighted by Crippen LogP contribution is 2.24. The third-order valence-corrected chi connectivity index (χ3v) is 3.88. The minimum atomic E-state index is -0.599. The minimum Gasteiger partial charge on any atom is -0.491 e. The van der Waals surface area contributed by atoms with Gasteiger partial charge in [0.1, 0.15) is 17.9 Å². The van der Waals surface area contributed by atoms with E-state index in [1.165, 1.54) is 5.56 Å². The van der Waals surface area contributed by atoms with Crippen molar-refractivity contribution in [2.45, 2.75) is 19.4 Å². The van der Waals surface area contributed by atoms with Gasteiger partial charge in [-0.05, 0) is 38.1 Å². The van der Waals surface area contributed by atoms with E-state index in [2.05, 4.69) is 18.3 Å². The molecule has 3 heteroatoms. The lowest BCUT2D eigenvalue weighted by Crippen LogP contribution is -2.48. The molecule has 0 heterocycles. The van der Waals surface area contributed by atoms with Gasteiger partial charge in [-0.1, -0.05) is 48.0 Å². The van der Waals surface area contributed by atoms with Crippen LogP contribution in [0.2, 0.25) is 0 Å². The van der Waals surface area contributed by atoms with Crippen molar-refractivity contribution in [2.24, 2.45) is 0 Å². The van der Waals surface area contributed by atoms with E-state index in [0.29, 0.717) is 6.61 Å². The van der Waals surface area contributed by atoms with E-state index in [1.807, 2.05) is 56.4 Å². The van der Waals surface area contributed by atoms with Crippen LogP contribution in [0.5, 0.6) is 5.75 Å². The molecule has 0 aliphatic heterocycles. The number of ether oxygens (including phenoxy) is 1. The first kappa shape index (κ1) is 15.5. The molecule has 0 aromatic heterocycles. The van der Waals surface area contributed by atoms with Crippen LogP contribution in [0.25, 0.3) is 0 Å². The van der Waals surface area contributed by atoms with E-state index in [1.54, 1.807) is 0 Å². The summed E-state index contributed by atoms with van der Waals surface area (Å²) in [6, 6.07) is 16.0. The molecular weight excluding hydrogens is 262 g/mol. The average molecular weight is 285 g/mol. The van der Waals surface area contributed by atoms with Gasteiger partial charge in [-0.2, -0.15) is 0 Å². The Morgan fingerprint density at radius 2 is 1.81 bits per heavy atom. The maximum atomic E-state index is 9.88. The highest BCUT2D eigenvalue weighted by molar-refractivity contribution is 5.36. The Morgan fingerprint density at radius 1 is 1.10 bits per heavy atom. The molecule has 0 spiro atoms. The third kappa shape index (κ3) is 3.43. The van der Waals surface area contributed by atoms with E-state index in [9.17, 15) is 5.11 Å². The zero-order valence-corrected chi connectivity index (χ0v) is 12.9. The first-order valence-electron chi connectivity index (χ1n) is 7.16. The summed E-state index contributed by atoms with van der Waals surface area (Å²) in [5.41, 5.74) is 2.73. The molecule has 0 amide bonds. The van der Waals surface area contributed by atoms with E-state index in [-0.39, 0.29) is 6.61 Å². The van der Waals surface area contributed by atoms with Gasteiger partial charge < -0.3 is 15.2 Å². The number of aryl methyl sites for hydroxylation is 2. The summed E-state index contributed by atoms with van der Waals surface area (Å²) >= 11 is 0. The van der Waals surface area contributed by atoms with Gasteiger partial charge in [0.2, 0.25) is 0 Å². The Hall–Kier alpha value is -1.84. The number of hydrogen-bond acceptors (Lipinski definition) is 3. The van der Waals surface area contributed by atoms with Crippen molar-refractivity contribution in [3.05, 3.63) is 65.2 Å². The van der Waals surface area contributed by atoms with E-state index in [0.717, 1.165) is 16.9 Å². The number of nitrogens with one attached hydrogen (secondary N) is 1. The van der Waals surface area contributed by atoms with Crippen molar-refractivity contribution in [3.8, 4) is 5.75 Å². The lowest BCUT2D eigenvalue weighted by Gasteiger charge is -2.32. The van der Waals surface area contributed by atoms with Gasteiger partial charge in [-0.15, -0.1) is 0 Å². The molecular formula is C18H23NO2. The maximum Gasteiger partial charge on any atom is 0.122 e. The number of benzene rings is 2. The van der Waals surface area contributed by atoms with E-state index < -0.39 is 5.54 Å². The Kier molecular flexibility index (Phi) is 4.99. The molecule has 2 aromatic rings. The van der Waals surface area contributed by atoms with E-state index in [4.69, 9.17) is 4.74 Å². The van der Waals surface area contributed by atoms with Crippen molar-refractivity contribution >= 4 is 0 Å².